The van der Waals surface area contributed by atoms with E-state index in [2.05, 4.69) is 18.5 Å². The van der Waals surface area contributed by atoms with Crippen molar-refractivity contribution in [3.63, 3.8) is 0 Å². The number of esters is 2. The van der Waals surface area contributed by atoms with E-state index in [0.717, 1.165) is 34.5 Å². The molecule has 0 heterocycles. The summed E-state index contributed by atoms with van der Waals surface area (Å²) >= 11 is 0. The first kappa shape index (κ1) is 24.4. The van der Waals surface area contributed by atoms with Crippen molar-refractivity contribution in [3.8, 4) is 0 Å². The van der Waals surface area contributed by atoms with E-state index in [1.807, 2.05) is 0 Å². The number of carbonyl (C=O) groups excluding carboxylic acids is 2. The maximum absolute atomic E-state index is 11.7. The number of carbonyl (C=O) groups is 3. The molecule has 10 nitrogen and oxygen atoms in total. The molecule has 0 aromatic heterocycles. The number of phosphoric acid groups is 1. The lowest BCUT2D eigenvalue weighted by molar-refractivity contribution is -0.141. The molecule has 0 aliphatic rings. The topological polar surface area (TPSA) is 135 Å². The van der Waals surface area contributed by atoms with Gasteiger partial charge >= 0.3 is 25.7 Å². The normalized spacial score (nSPS) is 11.2. The van der Waals surface area contributed by atoms with Crippen LogP contribution < -0.4 is 0 Å². The average Bonchev–Trinajstić information content (AvgIpc) is 2.54. The molecule has 0 fully saturated rings. The summed E-state index contributed by atoms with van der Waals surface area (Å²) in [5.74, 6) is -2.70. The van der Waals surface area contributed by atoms with Crippen LogP contribution in [0.4, 0.5) is 0 Å². The molecule has 0 spiro atoms. The van der Waals surface area contributed by atoms with E-state index < -0.39 is 32.2 Å². The molecule has 0 aromatic carbocycles. The van der Waals surface area contributed by atoms with Crippen molar-refractivity contribution in [3.05, 3.63) is 11.8 Å². The fourth-order valence-corrected chi connectivity index (χ4v) is 1.51. The molecule has 0 rings (SSSR count). The Balaban J connectivity index is 0. The number of hydrogen-bond acceptors (Lipinski definition) is 9. The van der Waals surface area contributed by atoms with Gasteiger partial charge in [-0.15, -0.1) is 0 Å². The van der Waals surface area contributed by atoms with Gasteiger partial charge in [0.2, 0.25) is 0 Å². The van der Waals surface area contributed by atoms with Crippen LogP contribution in [-0.4, -0.2) is 51.5 Å². The van der Waals surface area contributed by atoms with Crippen molar-refractivity contribution in [1.82, 2.24) is 0 Å². The predicted molar refractivity (Wildman–Crippen MR) is 81.9 cm³/mol. The van der Waals surface area contributed by atoms with Crippen LogP contribution in [0.1, 0.15) is 20.3 Å². The second-order valence-electron chi connectivity index (χ2n) is 4.28. The largest absolute Gasteiger partial charge is 0.529 e. The van der Waals surface area contributed by atoms with Gasteiger partial charge in [0.1, 0.15) is 12.2 Å². The van der Waals surface area contributed by atoms with Crippen LogP contribution in [0.3, 0.4) is 0 Å². The minimum atomic E-state index is -3.85. The van der Waals surface area contributed by atoms with Crippen LogP contribution in [0.5, 0.6) is 0 Å². The molecular weight excluding hydrogens is 347 g/mol. The Labute approximate surface area is 140 Å². The van der Waals surface area contributed by atoms with E-state index >= 15 is 0 Å². The molecule has 0 bridgehead atoms. The van der Waals surface area contributed by atoms with Gasteiger partial charge in [0.05, 0.1) is 26.2 Å². The maximum atomic E-state index is 11.7. The summed E-state index contributed by atoms with van der Waals surface area (Å²) in [6.45, 7) is 3.28. The SMILES string of the molecule is CC(C)C(=O)O.COC(=O)/C=C(/CC(=O)OC)OP(=O)(OC)OC. The molecule has 140 valence electrons. The van der Waals surface area contributed by atoms with Crippen molar-refractivity contribution in [2.75, 3.05) is 28.4 Å². The van der Waals surface area contributed by atoms with Crippen molar-refractivity contribution in [2.24, 2.45) is 5.92 Å². The van der Waals surface area contributed by atoms with Crippen LogP contribution in [0, 0.1) is 5.92 Å². The summed E-state index contributed by atoms with van der Waals surface area (Å²) in [5.41, 5.74) is 0. The fourth-order valence-electron chi connectivity index (χ4n) is 0.807. The summed E-state index contributed by atoms with van der Waals surface area (Å²) in [6, 6.07) is 0. The highest BCUT2D eigenvalue weighted by molar-refractivity contribution is 7.48. The molecular formula is C13H23O10P. The molecule has 0 saturated carbocycles. The van der Waals surface area contributed by atoms with E-state index in [0.29, 0.717) is 0 Å². The summed E-state index contributed by atoms with van der Waals surface area (Å²) < 4.78 is 34.3. The fraction of sp³-hybridized carbons (Fsp3) is 0.615. The van der Waals surface area contributed by atoms with Gasteiger partial charge in [0.15, 0.2) is 0 Å². The highest BCUT2D eigenvalue weighted by Crippen LogP contribution is 2.50. The van der Waals surface area contributed by atoms with Crippen molar-refractivity contribution in [2.45, 2.75) is 20.3 Å². The van der Waals surface area contributed by atoms with E-state index in [4.69, 9.17) is 9.63 Å². The Kier molecular flexibility index (Phi) is 12.7. The third-order valence-corrected chi connectivity index (χ3v) is 3.55. The van der Waals surface area contributed by atoms with Gasteiger partial charge in [0, 0.05) is 14.2 Å². The van der Waals surface area contributed by atoms with E-state index in [9.17, 15) is 18.9 Å². The van der Waals surface area contributed by atoms with Gasteiger partial charge in [-0.1, -0.05) is 13.8 Å². The standard InChI is InChI=1S/C9H15O8P.C4H8O2/c1-13-8(10)5-7(6-9(11)14-2)17-18(12,15-3)16-4;1-3(2)4(5)6/h5H,6H2,1-4H3;3H,1-2H3,(H,5,6)/b7-5-;. The molecule has 11 heteroatoms. The number of carboxylic acid groups (broad SMARTS) is 1. The second kappa shape index (κ2) is 12.5. The van der Waals surface area contributed by atoms with Gasteiger partial charge in [-0.2, -0.15) is 0 Å². The van der Waals surface area contributed by atoms with Crippen LogP contribution in [0.25, 0.3) is 0 Å². The molecule has 1 N–H and O–H groups in total. The van der Waals surface area contributed by atoms with Crippen molar-refractivity contribution < 1.29 is 47.1 Å². The van der Waals surface area contributed by atoms with E-state index in [1.54, 1.807) is 13.8 Å². The number of rotatable bonds is 8. The lowest BCUT2D eigenvalue weighted by atomic mass is 10.2. The Hall–Kier alpha value is -1.90. The molecule has 24 heavy (non-hydrogen) atoms. The third kappa shape index (κ3) is 11.6. The third-order valence-electron chi connectivity index (χ3n) is 2.20. The quantitative estimate of drug-likeness (QED) is 0.291. The number of phosphoric ester groups is 1. The van der Waals surface area contributed by atoms with Crippen LogP contribution in [-0.2, 0) is 42.0 Å². The lowest BCUT2D eigenvalue weighted by Gasteiger charge is -2.15. The highest BCUT2D eigenvalue weighted by atomic mass is 31.2. The van der Waals surface area contributed by atoms with Crippen LogP contribution >= 0.6 is 7.82 Å². The number of ether oxygens (including phenoxy) is 2. The molecule has 0 amide bonds. The Morgan fingerprint density at radius 1 is 1.04 bits per heavy atom. The molecule has 0 aliphatic carbocycles. The molecule has 0 atom stereocenters. The number of aliphatic carboxylic acids is 1. The number of hydrogen-bond donors (Lipinski definition) is 1. The van der Waals surface area contributed by atoms with Crippen LogP contribution in [0.15, 0.2) is 11.8 Å². The van der Waals surface area contributed by atoms with Gasteiger partial charge < -0.3 is 19.1 Å². The summed E-state index contributed by atoms with van der Waals surface area (Å²) in [7, 11) is 0.633. The second-order valence-corrected chi connectivity index (χ2v) is 6.09. The van der Waals surface area contributed by atoms with Gasteiger partial charge in [-0.25, -0.2) is 9.36 Å². The van der Waals surface area contributed by atoms with Crippen molar-refractivity contribution >= 4 is 25.7 Å². The molecule has 0 radical (unpaired) electrons. The molecule has 0 aliphatic heterocycles. The molecule has 0 unspecified atom stereocenters. The van der Waals surface area contributed by atoms with Gasteiger partial charge in [-0.05, 0) is 0 Å². The highest BCUT2D eigenvalue weighted by Gasteiger charge is 2.27. The zero-order valence-corrected chi connectivity index (χ0v) is 15.3. The van der Waals surface area contributed by atoms with Crippen molar-refractivity contribution in [1.29, 1.82) is 0 Å². The lowest BCUT2D eigenvalue weighted by Crippen LogP contribution is -2.07. The minimum absolute atomic E-state index is 0.231. The van der Waals surface area contributed by atoms with E-state index in [-0.39, 0.29) is 11.7 Å². The maximum Gasteiger partial charge on any atom is 0.529 e. The summed E-state index contributed by atoms with van der Waals surface area (Å²) in [6.07, 6.45) is 0.434. The summed E-state index contributed by atoms with van der Waals surface area (Å²) in [5, 5.41) is 7.99. The van der Waals surface area contributed by atoms with E-state index in [1.165, 1.54) is 0 Å². The zero-order valence-electron chi connectivity index (χ0n) is 14.4. The van der Waals surface area contributed by atoms with Gasteiger partial charge in [0.25, 0.3) is 0 Å². The Bertz CT molecular complexity index is 489. The minimum Gasteiger partial charge on any atom is -0.481 e. The summed E-state index contributed by atoms with van der Waals surface area (Å²) in [4.78, 5) is 31.8. The van der Waals surface area contributed by atoms with Crippen LogP contribution in [0.2, 0.25) is 0 Å². The molecule has 0 aromatic rings. The Morgan fingerprint density at radius 3 is 1.79 bits per heavy atom. The number of methoxy groups -OCH3 is 2. The van der Waals surface area contributed by atoms with Gasteiger partial charge in [-0.3, -0.25) is 18.6 Å². The predicted octanol–water partition coefficient (Wildman–Crippen LogP) is 1.75. The smallest absolute Gasteiger partial charge is 0.481 e. The zero-order chi connectivity index (χ0) is 19.3. The number of carboxylic acids is 1. The monoisotopic (exact) mass is 370 g/mol. The first-order valence-corrected chi connectivity index (χ1v) is 8.00. The first-order chi connectivity index (χ1) is 11.0. The first-order valence-electron chi connectivity index (χ1n) is 6.54. The molecule has 0 saturated heterocycles. The average molecular weight is 370 g/mol. The Morgan fingerprint density at radius 2 is 1.50 bits per heavy atom.